The van der Waals surface area contributed by atoms with Crippen LogP contribution in [-0.4, -0.2) is 51.9 Å². The molecule has 2 aromatic rings. The van der Waals surface area contributed by atoms with Crippen molar-refractivity contribution in [1.29, 1.82) is 0 Å². The maximum Gasteiger partial charge on any atom is 0.519 e. The number of likely N-dealkylation sites (tertiary alicyclic amines) is 1. The molecule has 1 aromatic heterocycles. The number of carbonyl (C=O) groups is 1. The van der Waals surface area contributed by atoms with E-state index in [0.717, 1.165) is 19.5 Å². The minimum Gasteiger partial charge on any atom is -0.396 e. The standard InChI is InChI=1S/C15H18ClN7O.CHF3O/c16-10-3-2-9(15(22-18)14(10)17)11-6-12(21-8-20-11)19-7-13(24)23-4-1-5-23;2-1(3,4)5/h2-3,6,8,22H,1,4-5,7,17-18H2,(H,19,20,21);5H. The molecule has 0 atom stereocenters. The molecule has 2 heterocycles. The van der Waals surface area contributed by atoms with Crippen LogP contribution < -0.4 is 22.3 Å². The topological polar surface area (TPSA) is 142 Å². The minimum atomic E-state index is -5.00. The third kappa shape index (κ3) is 6.62. The zero-order valence-electron chi connectivity index (χ0n) is 15.0. The first kappa shape index (κ1) is 22.5. The fourth-order valence-corrected chi connectivity index (χ4v) is 2.57. The van der Waals surface area contributed by atoms with E-state index in [1.165, 1.54) is 6.33 Å². The molecule has 1 amide bonds. The van der Waals surface area contributed by atoms with E-state index in [4.69, 9.17) is 28.3 Å². The van der Waals surface area contributed by atoms with E-state index in [1.807, 2.05) is 0 Å². The van der Waals surface area contributed by atoms with E-state index < -0.39 is 6.36 Å². The van der Waals surface area contributed by atoms with Gasteiger partial charge in [0.15, 0.2) is 0 Å². The molecule has 1 aliphatic rings. The zero-order valence-corrected chi connectivity index (χ0v) is 15.8. The minimum absolute atomic E-state index is 0.0569. The van der Waals surface area contributed by atoms with Crippen LogP contribution >= 0.6 is 11.6 Å². The lowest BCUT2D eigenvalue weighted by atomic mass is 10.1. The van der Waals surface area contributed by atoms with Crippen molar-refractivity contribution in [3.05, 3.63) is 29.5 Å². The van der Waals surface area contributed by atoms with Gasteiger partial charge in [0, 0.05) is 24.7 Å². The molecular weight excluding hydrogens is 415 g/mol. The average molecular weight is 434 g/mol. The lowest BCUT2D eigenvalue weighted by Crippen LogP contribution is -2.44. The van der Waals surface area contributed by atoms with Gasteiger partial charge in [-0.3, -0.25) is 10.6 Å². The number of hydrazine groups is 1. The SMILES string of the molecule is NNc1c(-c2cc(NCC(=O)N3CCC3)ncn2)ccc(Cl)c1N.OC(F)(F)F. The van der Waals surface area contributed by atoms with Gasteiger partial charge in [-0.1, -0.05) is 11.6 Å². The van der Waals surface area contributed by atoms with Crippen molar-refractivity contribution in [3.8, 4) is 11.3 Å². The molecule has 0 spiro atoms. The van der Waals surface area contributed by atoms with Gasteiger partial charge in [-0.15, -0.1) is 13.2 Å². The number of halogens is 4. The quantitative estimate of drug-likeness (QED) is 0.273. The Morgan fingerprint density at radius 3 is 2.52 bits per heavy atom. The fourth-order valence-electron chi connectivity index (χ4n) is 2.41. The van der Waals surface area contributed by atoms with Crippen molar-refractivity contribution in [2.45, 2.75) is 12.8 Å². The number of nitrogens with one attached hydrogen (secondary N) is 2. The number of nitrogen functional groups attached to an aromatic ring is 2. The summed E-state index contributed by atoms with van der Waals surface area (Å²) < 4.78 is 29.7. The summed E-state index contributed by atoms with van der Waals surface area (Å²) in [6.07, 6.45) is -2.52. The Labute approximate surface area is 168 Å². The number of hydrogen-bond acceptors (Lipinski definition) is 8. The highest BCUT2D eigenvalue weighted by atomic mass is 35.5. The molecule has 13 heteroatoms. The third-order valence-electron chi connectivity index (χ3n) is 3.91. The number of nitrogens with zero attached hydrogens (tertiary/aromatic N) is 3. The summed E-state index contributed by atoms with van der Waals surface area (Å²) in [7, 11) is 0. The van der Waals surface area contributed by atoms with Crippen molar-refractivity contribution in [2.75, 3.05) is 36.1 Å². The predicted molar refractivity (Wildman–Crippen MR) is 103 cm³/mol. The molecule has 0 aliphatic carbocycles. The van der Waals surface area contributed by atoms with Gasteiger partial charge in [-0.05, 0) is 18.6 Å². The first-order chi connectivity index (χ1) is 13.6. The van der Waals surface area contributed by atoms with Gasteiger partial charge in [0.25, 0.3) is 0 Å². The Balaban J connectivity index is 0.000000537. The second-order valence-corrected chi connectivity index (χ2v) is 6.28. The number of amides is 1. The maximum atomic E-state index is 11.9. The molecule has 1 aromatic carbocycles. The number of nitrogens with two attached hydrogens (primary N) is 2. The second kappa shape index (κ2) is 9.58. The molecule has 9 nitrogen and oxygen atoms in total. The van der Waals surface area contributed by atoms with Gasteiger partial charge in [-0.25, -0.2) is 9.97 Å². The van der Waals surface area contributed by atoms with Gasteiger partial charge in [-0.2, -0.15) is 0 Å². The van der Waals surface area contributed by atoms with E-state index in [1.54, 1.807) is 23.1 Å². The molecule has 29 heavy (non-hydrogen) atoms. The van der Waals surface area contributed by atoms with Crippen LogP contribution in [0.4, 0.5) is 30.4 Å². The molecule has 0 unspecified atom stereocenters. The van der Waals surface area contributed by atoms with E-state index in [9.17, 15) is 18.0 Å². The van der Waals surface area contributed by atoms with Crippen LogP contribution in [0.5, 0.6) is 0 Å². The van der Waals surface area contributed by atoms with Crippen molar-refractivity contribution in [2.24, 2.45) is 5.84 Å². The zero-order chi connectivity index (χ0) is 21.6. The fraction of sp³-hybridized carbons (Fsp3) is 0.312. The molecule has 0 saturated carbocycles. The molecule has 0 bridgehead atoms. The van der Waals surface area contributed by atoms with Crippen molar-refractivity contribution >= 4 is 34.7 Å². The van der Waals surface area contributed by atoms with Crippen molar-refractivity contribution < 1.29 is 23.1 Å². The van der Waals surface area contributed by atoms with Gasteiger partial charge >= 0.3 is 6.36 Å². The smallest absolute Gasteiger partial charge is 0.396 e. The summed E-state index contributed by atoms with van der Waals surface area (Å²) in [5.41, 5.74) is 10.6. The first-order valence-corrected chi connectivity index (χ1v) is 8.65. The highest BCUT2D eigenvalue weighted by Gasteiger charge is 2.21. The van der Waals surface area contributed by atoms with Crippen LogP contribution in [0.2, 0.25) is 5.02 Å². The Morgan fingerprint density at radius 1 is 1.31 bits per heavy atom. The Bertz CT molecular complexity index is 857. The monoisotopic (exact) mass is 433 g/mol. The van der Waals surface area contributed by atoms with Crippen LogP contribution in [0.25, 0.3) is 11.3 Å². The lowest BCUT2D eigenvalue weighted by Gasteiger charge is -2.30. The summed E-state index contributed by atoms with van der Waals surface area (Å²) in [6, 6.07) is 5.17. The highest BCUT2D eigenvalue weighted by Crippen LogP contribution is 2.36. The molecule has 158 valence electrons. The summed E-state index contributed by atoms with van der Waals surface area (Å²) >= 11 is 6.01. The normalized spacial score (nSPS) is 13.1. The summed E-state index contributed by atoms with van der Waals surface area (Å²) in [5.74, 6) is 6.15. The van der Waals surface area contributed by atoms with Crippen LogP contribution in [0, 0.1) is 0 Å². The van der Waals surface area contributed by atoms with E-state index in [0.29, 0.717) is 33.5 Å². The summed E-state index contributed by atoms with van der Waals surface area (Å²) in [5, 5.41) is 9.94. The number of aromatic nitrogens is 2. The molecule has 0 radical (unpaired) electrons. The summed E-state index contributed by atoms with van der Waals surface area (Å²) in [4.78, 5) is 22.1. The number of hydrogen-bond donors (Lipinski definition) is 5. The highest BCUT2D eigenvalue weighted by molar-refractivity contribution is 6.34. The lowest BCUT2D eigenvalue weighted by molar-refractivity contribution is -0.295. The number of rotatable bonds is 5. The van der Waals surface area contributed by atoms with Crippen molar-refractivity contribution in [1.82, 2.24) is 14.9 Å². The Kier molecular flexibility index (Phi) is 7.42. The number of aliphatic hydroxyl groups is 1. The first-order valence-electron chi connectivity index (χ1n) is 8.28. The summed E-state index contributed by atoms with van der Waals surface area (Å²) in [6.45, 7) is 1.84. The number of alkyl halides is 3. The second-order valence-electron chi connectivity index (χ2n) is 5.87. The Morgan fingerprint density at radius 2 is 1.97 bits per heavy atom. The van der Waals surface area contributed by atoms with Gasteiger partial charge in [0.05, 0.1) is 28.6 Å². The average Bonchev–Trinajstić information content (AvgIpc) is 2.59. The van der Waals surface area contributed by atoms with E-state index in [2.05, 4.69) is 20.7 Å². The van der Waals surface area contributed by atoms with Crippen LogP contribution in [0.3, 0.4) is 0 Å². The number of carbonyl (C=O) groups excluding carboxylic acids is 1. The molecule has 3 rings (SSSR count). The van der Waals surface area contributed by atoms with Gasteiger partial charge < -0.3 is 26.5 Å². The van der Waals surface area contributed by atoms with Crippen LogP contribution in [0.15, 0.2) is 24.5 Å². The molecule has 1 saturated heterocycles. The molecule has 1 aliphatic heterocycles. The molecular formula is C16H19ClF3N7O2. The van der Waals surface area contributed by atoms with Crippen LogP contribution in [-0.2, 0) is 4.79 Å². The van der Waals surface area contributed by atoms with Gasteiger partial charge in [0.1, 0.15) is 12.1 Å². The maximum absolute atomic E-state index is 11.9. The Hall–Kier alpha value is -2.83. The largest absolute Gasteiger partial charge is 0.519 e. The number of anilines is 3. The number of benzene rings is 1. The predicted octanol–water partition coefficient (Wildman–Crippen LogP) is 1.81. The molecule has 7 N–H and O–H groups in total. The van der Waals surface area contributed by atoms with Crippen LogP contribution in [0.1, 0.15) is 6.42 Å². The third-order valence-corrected chi connectivity index (χ3v) is 4.24. The molecule has 1 fully saturated rings. The van der Waals surface area contributed by atoms with E-state index >= 15 is 0 Å². The van der Waals surface area contributed by atoms with Crippen molar-refractivity contribution in [3.63, 3.8) is 0 Å². The van der Waals surface area contributed by atoms with Gasteiger partial charge in [0.2, 0.25) is 5.91 Å². The van der Waals surface area contributed by atoms with E-state index in [-0.39, 0.29) is 12.5 Å².